The molecule has 0 aromatic carbocycles. The van der Waals surface area contributed by atoms with E-state index in [1.165, 1.54) is 0 Å². The van der Waals surface area contributed by atoms with Crippen LogP contribution in [0.5, 0.6) is 0 Å². The van der Waals surface area contributed by atoms with E-state index in [0.717, 1.165) is 25.1 Å². The van der Waals surface area contributed by atoms with Crippen molar-refractivity contribution in [1.29, 1.82) is 0 Å². The van der Waals surface area contributed by atoms with E-state index in [-0.39, 0.29) is 12.5 Å². The van der Waals surface area contributed by atoms with Gasteiger partial charge in [0, 0.05) is 17.8 Å². The number of hydrogen-bond donors (Lipinski definition) is 3. The number of carbonyl (C=O) groups excluding carboxylic acids is 2. The molecule has 1 heterocycles. The molecular formula is C13H20N4O2. The van der Waals surface area contributed by atoms with E-state index in [2.05, 4.69) is 22.5 Å². The lowest BCUT2D eigenvalue weighted by atomic mass is 10.2. The van der Waals surface area contributed by atoms with E-state index in [4.69, 9.17) is 5.73 Å². The molecule has 1 aromatic rings. The number of pyridine rings is 1. The average Bonchev–Trinajstić information content (AvgIpc) is 2.41. The maximum Gasteiger partial charge on any atom is 0.251 e. The highest BCUT2D eigenvalue weighted by Gasteiger charge is 2.09. The lowest BCUT2D eigenvalue weighted by Crippen LogP contribution is -2.33. The van der Waals surface area contributed by atoms with Gasteiger partial charge >= 0.3 is 0 Å². The van der Waals surface area contributed by atoms with Gasteiger partial charge in [-0.15, -0.1) is 0 Å². The van der Waals surface area contributed by atoms with Crippen LogP contribution in [-0.2, 0) is 11.2 Å². The van der Waals surface area contributed by atoms with Crippen LogP contribution in [0.2, 0.25) is 0 Å². The van der Waals surface area contributed by atoms with Gasteiger partial charge in [-0.05, 0) is 25.0 Å². The Bertz CT molecular complexity index is 460. The molecule has 0 bridgehead atoms. The van der Waals surface area contributed by atoms with Crippen molar-refractivity contribution in [1.82, 2.24) is 10.3 Å². The summed E-state index contributed by atoms with van der Waals surface area (Å²) in [6.45, 7) is 4.65. The van der Waals surface area contributed by atoms with Crippen molar-refractivity contribution in [3.8, 4) is 0 Å². The highest BCUT2D eigenvalue weighted by molar-refractivity contribution is 5.96. The van der Waals surface area contributed by atoms with Crippen molar-refractivity contribution >= 4 is 17.6 Å². The number of aryl methyl sites for hydroxylation is 1. The summed E-state index contributed by atoms with van der Waals surface area (Å²) in [6.07, 6.45) is 1.71. The molecule has 0 spiro atoms. The van der Waals surface area contributed by atoms with E-state index in [1.54, 1.807) is 12.1 Å². The first-order valence-corrected chi connectivity index (χ1v) is 6.38. The molecule has 4 N–H and O–H groups in total. The number of aromatic nitrogens is 1. The number of carbonyl (C=O) groups is 2. The normalized spacial score (nSPS) is 10.0. The van der Waals surface area contributed by atoms with Crippen molar-refractivity contribution < 1.29 is 9.59 Å². The zero-order valence-electron chi connectivity index (χ0n) is 11.3. The Morgan fingerprint density at radius 1 is 1.32 bits per heavy atom. The van der Waals surface area contributed by atoms with Gasteiger partial charge in [-0.2, -0.15) is 0 Å². The zero-order chi connectivity index (χ0) is 14.3. The number of nitrogens with two attached hydrogens (primary N) is 1. The summed E-state index contributed by atoms with van der Waals surface area (Å²) in [5.41, 5.74) is 6.29. The van der Waals surface area contributed by atoms with E-state index in [0.29, 0.717) is 11.4 Å². The van der Waals surface area contributed by atoms with Crippen LogP contribution in [-0.4, -0.2) is 29.9 Å². The Kier molecular flexibility index (Phi) is 5.78. The second-order valence-corrected chi connectivity index (χ2v) is 4.16. The summed E-state index contributed by atoms with van der Waals surface area (Å²) in [7, 11) is 0. The third-order valence-corrected chi connectivity index (χ3v) is 2.48. The third kappa shape index (κ3) is 4.95. The van der Waals surface area contributed by atoms with Crippen LogP contribution in [0, 0.1) is 0 Å². The van der Waals surface area contributed by atoms with Crippen molar-refractivity contribution in [3.63, 3.8) is 0 Å². The van der Waals surface area contributed by atoms with Gasteiger partial charge in [0.05, 0.1) is 6.54 Å². The lowest BCUT2D eigenvalue weighted by Gasteiger charge is -2.09. The molecule has 0 saturated carbocycles. The van der Waals surface area contributed by atoms with Gasteiger partial charge in [-0.3, -0.25) is 9.59 Å². The Morgan fingerprint density at radius 2 is 2.05 bits per heavy atom. The van der Waals surface area contributed by atoms with E-state index in [9.17, 15) is 9.59 Å². The van der Waals surface area contributed by atoms with Crippen LogP contribution in [0.15, 0.2) is 12.1 Å². The predicted octanol–water partition coefficient (Wildman–Crippen LogP) is 0.681. The molecule has 0 saturated heterocycles. The van der Waals surface area contributed by atoms with Gasteiger partial charge in [0.1, 0.15) is 5.82 Å². The van der Waals surface area contributed by atoms with Gasteiger partial charge in [-0.25, -0.2) is 4.98 Å². The molecule has 0 aliphatic rings. The second-order valence-electron chi connectivity index (χ2n) is 4.16. The van der Waals surface area contributed by atoms with Gasteiger partial charge in [0.25, 0.3) is 5.91 Å². The van der Waals surface area contributed by atoms with Gasteiger partial charge in [0.2, 0.25) is 5.91 Å². The van der Waals surface area contributed by atoms with Gasteiger partial charge in [-0.1, -0.05) is 13.8 Å². The van der Waals surface area contributed by atoms with Crippen LogP contribution in [0.4, 0.5) is 5.82 Å². The first-order valence-electron chi connectivity index (χ1n) is 6.38. The number of nitrogens with one attached hydrogen (secondary N) is 2. The maximum absolute atomic E-state index is 11.9. The van der Waals surface area contributed by atoms with Crippen molar-refractivity contribution in [2.75, 3.05) is 18.4 Å². The number of primary amides is 1. The van der Waals surface area contributed by atoms with E-state index >= 15 is 0 Å². The van der Waals surface area contributed by atoms with Crippen molar-refractivity contribution in [3.05, 3.63) is 23.4 Å². The van der Waals surface area contributed by atoms with E-state index < -0.39 is 5.91 Å². The van der Waals surface area contributed by atoms with Crippen LogP contribution < -0.4 is 16.4 Å². The molecule has 0 atom stereocenters. The zero-order valence-corrected chi connectivity index (χ0v) is 11.3. The molecule has 6 nitrogen and oxygen atoms in total. The molecule has 0 unspecified atom stereocenters. The molecule has 0 aliphatic heterocycles. The molecular weight excluding hydrogens is 244 g/mol. The fourth-order valence-electron chi connectivity index (χ4n) is 1.51. The summed E-state index contributed by atoms with van der Waals surface area (Å²) in [5, 5.41) is 5.61. The summed E-state index contributed by atoms with van der Waals surface area (Å²) < 4.78 is 0. The lowest BCUT2D eigenvalue weighted by molar-refractivity contribution is -0.117. The minimum Gasteiger partial charge on any atom is -0.370 e. The fourth-order valence-corrected chi connectivity index (χ4v) is 1.51. The predicted molar refractivity (Wildman–Crippen MR) is 73.9 cm³/mol. The average molecular weight is 264 g/mol. The monoisotopic (exact) mass is 264 g/mol. The van der Waals surface area contributed by atoms with Crippen molar-refractivity contribution in [2.24, 2.45) is 5.73 Å². The Balaban J connectivity index is 2.86. The minimum absolute atomic E-state index is 0.166. The molecule has 1 rings (SSSR count). The molecule has 0 aliphatic carbocycles. The Morgan fingerprint density at radius 3 is 2.63 bits per heavy atom. The molecule has 2 amide bonds. The number of rotatable bonds is 7. The Hall–Kier alpha value is -2.11. The van der Waals surface area contributed by atoms with Crippen LogP contribution >= 0.6 is 0 Å². The summed E-state index contributed by atoms with van der Waals surface area (Å²) in [5.74, 6) is -0.219. The first-order chi connectivity index (χ1) is 9.06. The summed E-state index contributed by atoms with van der Waals surface area (Å²) in [6, 6.07) is 3.39. The fraction of sp³-hybridized carbons (Fsp3) is 0.462. The highest BCUT2D eigenvalue weighted by Crippen LogP contribution is 2.11. The first kappa shape index (κ1) is 14.9. The van der Waals surface area contributed by atoms with Crippen LogP contribution in [0.1, 0.15) is 36.3 Å². The molecule has 6 heteroatoms. The number of amides is 2. The topological polar surface area (TPSA) is 97.1 Å². The van der Waals surface area contributed by atoms with Gasteiger partial charge < -0.3 is 16.4 Å². The van der Waals surface area contributed by atoms with E-state index in [1.807, 2.05) is 6.92 Å². The smallest absolute Gasteiger partial charge is 0.251 e. The highest BCUT2D eigenvalue weighted by atomic mass is 16.2. The largest absolute Gasteiger partial charge is 0.370 e. The van der Waals surface area contributed by atoms with Gasteiger partial charge in [0.15, 0.2) is 0 Å². The molecule has 0 radical (unpaired) electrons. The molecule has 104 valence electrons. The standard InChI is InChI=1S/C13H20N4O2/c1-3-5-15-12-7-9(6-10(4-2)17-12)13(19)16-8-11(14)18/h6-7H,3-5,8H2,1-2H3,(H2,14,18)(H,15,17)(H,16,19). The quantitative estimate of drug-likeness (QED) is 0.674. The molecule has 0 fully saturated rings. The second kappa shape index (κ2) is 7.35. The number of anilines is 1. The summed E-state index contributed by atoms with van der Waals surface area (Å²) in [4.78, 5) is 26.9. The molecule has 19 heavy (non-hydrogen) atoms. The molecule has 1 aromatic heterocycles. The SMILES string of the molecule is CCCNc1cc(C(=O)NCC(N)=O)cc(CC)n1. The summed E-state index contributed by atoms with van der Waals surface area (Å²) >= 11 is 0. The Labute approximate surface area is 112 Å². The third-order valence-electron chi connectivity index (χ3n) is 2.48. The van der Waals surface area contributed by atoms with Crippen LogP contribution in [0.3, 0.4) is 0 Å². The maximum atomic E-state index is 11.9. The minimum atomic E-state index is -0.567. The number of nitrogens with zero attached hydrogens (tertiary/aromatic N) is 1. The van der Waals surface area contributed by atoms with Crippen LogP contribution in [0.25, 0.3) is 0 Å². The number of hydrogen-bond acceptors (Lipinski definition) is 4. The van der Waals surface area contributed by atoms with Crippen molar-refractivity contribution in [2.45, 2.75) is 26.7 Å².